The maximum Gasteiger partial charge on any atom is 0.248 e. The van der Waals surface area contributed by atoms with E-state index in [0.717, 1.165) is 24.8 Å². The number of hydrogen-bond acceptors (Lipinski definition) is 5. The molecule has 0 saturated carbocycles. The Kier molecular flexibility index (Phi) is 7.36. The third-order valence-corrected chi connectivity index (χ3v) is 9.12. The van der Waals surface area contributed by atoms with Gasteiger partial charge in [0, 0.05) is 16.7 Å². The Bertz CT molecular complexity index is 1180. The first-order chi connectivity index (χ1) is 15.8. The van der Waals surface area contributed by atoms with Gasteiger partial charge < -0.3 is 9.64 Å². The fraction of sp³-hybridized carbons (Fsp3) is 0.417. The number of halogens is 1. The second kappa shape index (κ2) is 10.1. The highest BCUT2D eigenvalue weighted by Crippen LogP contribution is 2.45. The number of amides is 1. The number of unbranched alkanes of at least 4 members (excludes halogenated alkanes) is 2. The molecule has 2 atom stereocenters. The van der Waals surface area contributed by atoms with Crippen LogP contribution in [-0.4, -0.2) is 42.3 Å². The van der Waals surface area contributed by atoms with Crippen molar-refractivity contribution in [1.82, 2.24) is 0 Å². The van der Waals surface area contributed by atoms with Crippen molar-refractivity contribution in [2.24, 2.45) is 4.99 Å². The number of amidine groups is 1. The van der Waals surface area contributed by atoms with Gasteiger partial charge in [-0.3, -0.25) is 4.79 Å². The van der Waals surface area contributed by atoms with Gasteiger partial charge in [0.2, 0.25) is 5.91 Å². The van der Waals surface area contributed by atoms with Crippen LogP contribution in [0.1, 0.15) is 38.2 Å². The van der Waals surface area contributed by atoms with Gasteiger partial charge in [0.05, 0.1) is 23.2 Å². The number of nitrogens with zero attached hydrogens (tertiary/aromatic N) is 2. The summed E-state index contributed by atoms with van der Waals surface area (Å²) in [6.07, 6.45) is 3.16. The summed E-state index contributed by atoms with van der Waals surface area (Å²) in [7, 11) is -3.18. The normalized spacial score (nSPS) is 22.5. The van der Waals surface area contributed by atoms with Crippen molar-refractivity contribution in [3.8, 4) is 11.5 Å². The molecule has 2 fully saturated rings. The number of aryl methyl sites for hydroxylation is 1. The highest BCUT2D eigenvalue weighted by molar-refractivity contribution is 8.16. The molecule has 2 aliphatic rings. The van der Waals surface area contributed by atoms with E-state index in [1.165, 1.54) is 11.8 Å². The molecule has 2 aromatic carbocycles. The maximum absolute atomic E-state index is 12.6. The van der Waals surface area contributed by atoms with E-state index in [2.05, 4.69) is 11.9 Å². The maximum atomic E-state index is 12.6. The average molecular weight is 507 g/mol. The minimum Gasteiger partial charge on any atom is -0.455 e. The van der Waals surface area contributed by atoms with Gasteiger partial charge >= 0.3 is 0 Å². The standard InChI is InChI=1S/C24H27ClN2O4S2/c1-3-4-5-9-23(28)26-24-27(20-14-33(29,30)15-22(20)32-24)19-13-17(25)10-11-21(19)31-18-8-6-7-16(2)12-18/h6-8,10-13,20,22H,3-5,9,14-15H2,1-2H3/t20-,22+/m1/s1. The number of aliphatic imine (C=N–C) groups is 1. The molecule has 0 N–H and O–H groups in total. The Morgan fingerprint density at radius 2 is 2.03 bits per heavy atom. The predicted octanol–water partition coefficient (Wildman–Crippen LogP) is 5.62. The molecule has 6 nitrogen and oxygen atoms in total. The summed E-state index contributed by atoms with van der Waals surface area (Å²) in [6, 6.07) is 12.6. The molecule has 33 heavy (non-hydrogen) atoms. The lowest BCUT2D eigenvalue weighted by Crippen LogP contribution is -2.38. The molecule has 4 rings (SSSR count). The molecule has 176 valence electrons. The van der Waals surface area contributed by atoms with Crippen LogP contribution in [0.2, 0.25) is 5.02 Å². The fourth-order valence-corrected chi connectivity index (χ4v) is 8.20. The first-order valence-electron chi connectivity index (χ1n) is 11.1. The summed E-state index contributed by atoms with van der Waals surface area (Å²) < 4.78 is 31.0. The van der Waals surface area contributed by atoms with Gasteiger partial charge in [0.25, 0.3) is 0 Å². The quantitative estimate of drug-likeness (QED) is 0.453. The van der Waals surface area contributed by atoms with Gasteiger partial charge in [-0.25, -0.2) is 8.42 Å². The highest BCUT2D eigenvalue weighted by atomic mass is 35.5. The first-order valence-corrected chi connectivity index (χ1v) is 14.2. The van der Waals surface area contributed by atoms with E-state index in [-0.39, 0.29) is 28.7 Å². The van der Waals surface area contributed by atoms with E-state index in [0.29, 0.717) is 33.8 Å². The van der Waals surface area contributed by atoms with E-state index in [4.69, 9.17) is 16.3 Å². The number of ether oxygens (including phenoxy) is 1. The molecule has 0 aromatic heterocycles. The topological polar surface area (TPSA) is 76.0 Å². The minimum absolute atomic E-state index is 0.00408. The van der Waals surface area contributed by atoms with Gasteiger partial charge in [-0.2, -0.15) is 4.99 Å². The van der Waals surface area contributed by atoms with Crippen LogP contribution in [0.4, 0.5) is 5.69 Å². The number of rotatable bonds is 7. The van der Waals surface area contributed by atoms with Crippen molar-refractivity contribution in [3.05, 3.63) is 53.1 Å². The van der Waals surface area contributed by atoms with E-state index >= 15 is 0 Å². The van der Waals surface area contributed by atoms with Gasteiger partial charge in [-0.1, -0.05) is 55.3 Å². The smallest absolute Gasteiger partial charge is 0.248 e. The first kappa shape index (κ1) is 24.1. The lowest BCUT2D eigenvalue weighted by molar-refractivity contribution is -0.117. The molecular formula is C24H27ClN2O4S2. The third kappa shape index (κ3) is 5.73. The van der Waals surface area contributed by atoms with E-state index < -0.39 is 9.84 Å². The molecule has 2 heterocycles. The summed E-state index contributed by atoms with van der Waals surface area (Å²) in [5, 5.41) is 0.810. The Morgan fingerprint density at radius 1 is 1.21 bits per heavy atom. The number of carbonyl (C=O) groups excluding carboxylic acids is 1. The molecule has 0 aliphatic carbocycles. The second-order valence-electron chi connectivity index (χ2n) is 8.45. The number of thioether (sulfide) groups is 1. The Morgan fingerprint density at radius 3 is 2.79 bits per heavy atom. The van der Waals surface area contributed by atoms with E-state index in [9.17, 15) is 13.2 Å². The molecule has 0 bridgehead atoms. The van der Waals surface area contributed by atoms with E-state index in [1.807, 2.05) is 36.1 Å². The Hall–Kier alpha value is -2.03. The molecule has 2 aromatic rings. The monoisotopic (exact) mass is 506 g/mol. The van der Waals surface area contributed by atoms with Crippen molar-refractivity contribution in [3.63, 3.8) is 0 Å². The van der Waals surface area contributed by atoms with Crippen molar-refractivity contribution in [2.45, 2.75) is 50.8 Å². The van der Waals surface area contributed by atoms with Crippen LogP contribution in [0.25, 0.3) is 0 Å². The van der Waals surface area contributed by atoms with Gasteiger partial charge in [0.1, 0.15) is 5.75 Å². The molecule has 1 amide bonds. The van der Waals surface area contributed by atoms with Gasteiger partial charge in [-0.15, -0.1) is 0 Å². The zero-order valence-corrected chi connectivity index (χ0v) is 21.0. The fourth-order valence-electron chi connectivity index (χ4n) is 4.11. The van der Waals surface area contributed by atoms with Crippen LogP contribution in [0.5, 0.6) is 11.5 Å². The number of sulfone groups is 1. The van der Waals surface area contributed by atoms with Gasteiger partial charge in [0.15, 0.2) is 20.8 Å². The zero-order valence-electron chi connectivity index (χ0n) is 18.7. The lowest BCUT2D eigenvalue weighted by Gasteiger charge is -2.27. The Balaban J connectivity index is 1.72. The molecular weight excluding hydrogens is 480 g/mol. The second-order valence-corrected chi connectivity index (χ2v) is 12.2. The molecule has 9 heteroatoms. The number of fused-ring (bicyclic) bond motifs is 1. The van der Waals surface area contributed by atoms with Crippen LogP contribution in [-0.2, 0) is 14.6 Å². The molecule has 0 unspecified atom stereocenters. The number of benzene rings is 2. The SMILES string of the molecule is CCCCCC(=O)N=C1S[C@H]2CS(=O)(=O)C[C@H]2N1c1cc(Cl)ccc1Oc1cccc(C)c1. The molecule has 2 saturated heterocycles. The molecule has 2 aliphatic heterocycles. The molecule has 0 radical (unpaired) electrons. The van der Waals surface area contributed by atoms with Gasteiger partial charge in [-0.05, 0) is 49.2 Å². The summed E-state index contributed by atoms with van der Waals surface area (Å²) in [4.78, 5) is 18.8. The summed E-state index contributed by atoms with van der Waals surface area (Å²) in [6.45, 7) is 4.07. The minimum atomic E-state index is -3.18. The van der Waals surface area contributed by atoms with Crippen molar-refractivity contribution in [1.29, 1.82) is 0 Å². The summed E-state index contributed by atoms with van der Waals surface area (Å²) in [5.74, 6) is 1.07. The average Bonchev–Trinajstić information content (AvgIpc) is 3.20. The van der Waals surface area contributed by atoms with Crippen molar-refractivity contribution >= 4 is 50.0 Å². The predicted molar refractivity (Wildman–Crippen MR) is 136 cm³/mol. The van der Waals surface area contributed by atoms with E-state index in [1.54, 1.807) is 18.2 Å². The van der Waals surface area contributed by atoms with Crippen LogP contribution in [0.3, 0.4) is 0 Å². The summed E-state index contributed by atoms with van der Waals surface area (Å²) >= 11 is 7.70. The van der Waals surface area contributed by atoms with Crippen LogP contribution in [0.15, 0.2) is 47.5 Å². The number of carbonyl (C=O) groups is 1. The largest absolute Gasteiger partial charge is 0.455 e. The number of hydrogen-bond donors (Lipinski definition) is 0. The Labute approximate surface area is 204 Å². The summed E-state index contributed by atoms with van der Waals surface area (Å²) in [5.41, 5.74) is 1.67. The molecule has 0 spiro atoms. The lowest BCUT2D eigenvalue weighted by atomic mass is 10.2. The van der Waals surface area contributed by atoms with Crippen molar-refractivity contribution < 1.29 is 17.9 Å². The van der Waals surface area contributed by atoms with Crippen LogP contribution >= 0.6 is 23.4 Å². The van der Waals surface area contributed by atoms with Crippen LogP contribution < -0.4 is 9.64 Å². The zero-order chi connectivity index (χ0) is 23.6. The van der Waals surface area contributed by atoms with Crippen LogP contribution in [0, 0.1) is 6.92 Å². The van der Waals surface area contributed by atoms with Crippen molar-refractivity contribution in [2.75, 3.05) is 16.4 Å². The number of anilines is 1. The third-order valence-electron chi connectivity index (χ3n) is 5.68. The highest BCUT2D eigenvalue weighted by Gasteiger charge is 2.50.